The predicted molar refractivity (Wildman–Crippen MR) is 74.8 cm³/mol. The van der Waals surface area contributed by atoms with Crippen LogP contribution in [-0.4, -0.2) is 23.9 Å². The van der Waals surface area contributed by atoms with Crippen LogP contribution in [0.1, 0.15) is 33.3 Å². The number of aliphatic hydroxyl groups excluding tert-OH is 1. The van der Waals surface area contributed by atoms with Gasteiger partial charge in [0.1, 0.15) is 11.9 Å². The van der Waals surface area contributed by atoms with Crippen molar-refractivity contribution >= 4 is 0 Å². The first-order chi connectivity index (χ1) is 8.50. The van der Waals surface area contributed by atoms with Gasteiger partial charge in [-0.3, -0.25) is 0 Å². The summed E-state index contributed by atoms with van der Waals surface area (Å²) in [6, 6.07) is 7.96. The minimum absolute atomic E-state index is 0.198. The number of hydrogen-bond donors (Lipinski definition) is 2. The van der Waals surface area contributed by atoms with Crippen molar-refractivity contribution in [3.63, 3.8) is 0 Å². The quantitative estimate of drug-likeness (QED) is 0.782. The molecule has 3 heteroatoms. The van der Waals surface area contributed by atoms with Gasteiger partial charge in [-0.05, 0) is 32.4 Å². The first-order valence-electron chi connectivity index (χ1n) is 6.64. The SMILES string of the molecule is CC(C)CNCc1ccccc1OC(C)C(C)O. The molecule has 0 bridgehead atoms. The Kier molecular flexibility index (Phi) is 6.16. The molecule has 18 heavy (non-hydrogen) atoms. The second kappa shape index (κ2) is 7.39. The normalized spacial score (nSPS) is 14.6. The minimum Gasteiger partial charge on any atom is -0.488 e. The molecule has 2 atom stereocenters. The van der Waals surface area contributed by atoms with Gasteiger partial charge in [0.25, 0.3) is 0 Å². The first-order valence-corrected chi connectivity index (χ1v) is 6.64. The molecule has 0 spiro atoms. The van der Waals surface area contributed by atoms with Crippen molar-refractivity contribution in [1.29, 1.82) is 0 Å². The Morgan fingerprint density at radius 2 is 1.83 bits per heavy atom. The standard InChI is InChI=1S/C15H25NO2/c1-11(2)9-16-10-14-7-5-6-8-15(14)18-13(4)12(3)17/h5-8,11-13,16-17H,9-10H2,1-4H3. The number of ether oxygens (including phenoxy) is 1. The lowest BCUT2D eigenvalue weighted by Crippen LogP contribution is -2.26. The summed E-state index contributed by atoms with van der Waals surface area (Å²) in [5.74, 6) is 1.48. The largest absolute Gasteiger partial charge is 0.488 e. The van der Waals surface area contributed by atoms with E-state index >= 15 is 0 Å². The molecule has 0 aromatic heterocycles. The van der Waals surface area contributed by atoms with E-state index in [1.54, 1.807) is 6.92 Å². The van der Waals surface area contributed by atoms with E-state index < -0.39 is 6.10 Å². The third-order valence-electron chi connectivity index (χ3n) is 2.83. The van der Waals surface area contributed by atoms with Gasteiger partial charge in [0, 0.05) is 12.1 Å². The maximum absolute atomic E-state index is 9.48. The summed E-state index contributed by atoms with van der Waals surface area (Å²) < 4.78 is 5.77. The molecular formula is C15H25NO2. The topological polar surface area (TPSA) is 41.5 Å². The minimum atomic E-state index is -0.471. The Morgan fingerprint density at radius 3 is 2.44 bits per heavy atom. The van der Waals surface area contributed by atoms with E-state index in [2.05, 4.69) is 25.2 Å². The van der Waals surface area contributed by atoms with Crippen molar-refractivity contribution in [3.8, 4) is 5.75 Å². The van der Waals surface area contributed by atoms with Gasteiger partial charge in [-0.25, -0.2) is 0 Å². The van der Waals surface area contributed by atoms with E-state index in [9.17, 15) is 5.11 Å². The molecule has 2 N–H and O–H groups in total. The average molecular weight is 251 g/mol. The number of rotatable bonds is 7. The summed E-state index contributed by atoms with van der Waals surface area (Å²) in [5.41, 5.74) is 1.13. The van der Waals surface area contributed by atoms with Crippen LogP contribution >= 0.6 is 0 Å². The van der Waals surface area contributed by atoms with Gasteiger partial charge in [-0.2, -0.15) is 0 Å². The van der Waals surface area contributed by atoms with Gasteiger partial charge in [0.05, 0.1) is 6.10 Å². The monoisotopic (exact) mass is 251 g/mol. The lowest BCUT2D eigenvalue weighted by molar-refractivity contribution is 0.0597. The fraction of sp³-hybridized carbons (Fsp3) is 0.600. The second-order valence-corrected chi connectivity index (χ2v) is 5.20. The molecule has 3 nitrogen and oxygen atoms in total. The summed E-state index contributed by atoms with van der Waals surface area (Å²) in [4.78, 5) is 0. The Hall–Kier alpha value is -1.06. The molecule has 0 saturated heterocycles. The van der Waals surface area contributed by atoms with Gasteiger partial charge in [-0.15, -0.1) is 0 Å². The first kappa shape index (κ1) is 15.0. The molecule has 0 aliphatic carbocycles. The maximum Gasteiger partial charge on any atom is 0.124 e. The van der Waals surface area contributed by atoms with Gasteiger partial charge in [0.15, 0.2) is 0 Å². The molecule has 1 rings (SSSR count). The van der Waals surface area contributed by atoms with Crippen LogP contribution in [0.4, 0.5) is 0 Å². The smallest absolute Gasteiger partial charge is 0.124 e. The van der Waals surface area contributed by atoms with Gasteiger partial charge >= 0.3 is 0 Å². The highest BCUT2D eigenvalue weighted by Gasteiger charge is 2.12. The van der Waals surface area contributed by atoms with Crippen molar-refractivity contribution in [2.24, 2.45) is 5.92 Å². The van der Waals surface area contributed by atoms with Crippen LogP contribution in [-0.2, 0) is 6.54 Å². The molecule has 1 aromatic rings. The van der Waals surface area contributed by atoms with Crippen molar-refractivity contribution < 1.29 is 9.84 Å². The molecule has 0 saturated carbocycles. The van der Waals surface area contributed by atoms with Crippen molar-refractivity contribution in [1.82, 2.24) is 5.32 Å². The third-order valence-corrected chi connectivity index (χ3v) is 2.83. The zero-order chi connectivity index (χ0) is 13.5. The number of aliphatic hydroxyl groups is 1. The molecule has 0 heterocycles. The van der Waals surface area contributed by atoms with E-state index in [0.717, 1.165) is 24.4 Å². The van der Waals surface area contributed by atoms with Crippen molar-refractivity contribution in [2.45, 2.75) is 46.4 Å². The molecule has 1 aromatic carbocycles. The zero-order valence-corrected chi connectivity index (χ0v) is 11.8. The molecule has 0 fully saturated rings. The van der Waals surface area contributed by atoms with E-state index in [0.29, 0.717) is 5.92 Å². The van der Waals surface area contributed by atoms with Crippen molar-refractivity contribution in [2.75, 3.05) is 6.54 Å². The van der Waals surface area contributed by atoms with Crippen LogP contribution in [0.5, 0.6) is 5.75 Å². The molecular weight excluding hydrogens is 226 g/mol. The summed E-state index contributed by atoms with van der Waals surface area (Å²) in [6.07, 6.45) is -0.669. The van der Waals surface area contributed by atoms with Crippen LogP contribution in [0.15, 0.2) is 24.3 Å². The number of benzene rings is 1. The molecule has 0 aliphatic rings. The van der Waals surface area contributed by atoms with E-state index in [4.69, 9.17) is 4.74 Å². The van der Waals surface area contributed by atoms with Crippen LogP contribution in [0.25, 0.3) is 0 Å². The lowest BCUT2D eigenvalue weighted by Gasteiger charge is -2.20. The summed E-state index contributed by atoms with van der Waals surface area (Å²) in [7, 11) is 0. The molecule has 0 aliphatic heterocycles. The van der Waals surface area contributed by atoms with E-state index in [1.165, 1.54) is 0 Å². The van der Waals surface area contributed by atoms with Gasteiger partial charge in [-0.1, -0.05) is 32.0 Å². The number of hydrogen-bond acceptors (Lipinski definition) is 3. The zero-order valence-electron chi connectivity index (χ0n) is 11.8. The second-order valence-electron chi connectivity index (χ2n) is 5.20. The maximum atomic E-state index is 9.48. The van der Waals surface area contributed by atoms with E-state index in [1.807, 2.05) is 25.1 Å². The molecule has 0 radical (unpaired) electrons. The summed E-state index contributed by atoms with van der Waals surface area (Å²) in [6.45, 7) is 9.77. The Labute approximate surface area is 110 Å². The Balaban J connectivity index is 2.61. The molecule has 102 valence electrons. The van der Waals surface area contributed by atoms with Crippen LogP contribution in [0.3, 0.4) is 0 Å². The van der Waals surface area contributed by atoms with Crippen LogP contribution in [0, 0.1) is 5.92 Å². The fourth-order valence-electron chi connectivity index (χ4n) is 1.56. The lowest BCUT2D eigenvalue weighted by atomic mass is 10.1. The molecule has 2 unspecified atom stereocenters. The van der Waals surface area contributed by atoms with Crippen molar-refractivity contribution in [3.05, 3.63) is 29.8 Å². The highest BCUT2D eigenvalue weighted by atomic mass is 16.5. The average Bonchev–Trinajstić information content (AvgIpc) is 2.30. The fourth-order valence-corrected chi connectivity index (χ4v) is 1.56. The molecule has 0 amide bonds. The van der Waals surface area contributed by atoms with E-state index in [-0.39, 0.29) is 6.10 Å². The number of nitrogens with one attached hydrogen (secondary N) is 1. The van der Waals surface area contributed by atoms with Crippen LogP contribution in [0.2, 0.25) is 0 Å². The van der Waals surface area contributed by atoms with Gasteiger partial charge in [0.2, 0.25) is 0 Å². The Morgan fingerprint density at radius 1 is 1.17 bits per heavy atom. The van der Waals surface area contributed by atoms with Gasteiger partial charge < -0.3 is 15.2 Å². The third kappa shape index (κ3) is 5.07. The highest BCUT2D eigenvalue weighted by Crippen LogP contribution is 2.20. The summed E-state index contributed by atoms with van der Waals surface area (Å²) in [5, 5.41) is 12.9. The highest BCUT2D eigenvalue weighted by molar-refractivity contribution is 5.33. The number of para-hydroxylation sites is 1. The Bertz CT molecular complexity index is 350. The van der Waals surface area contributed by atoms with Crippen LogP contribution < -0.4 is 10.1 Å². The summed E-state index contributed by atoms with van der Waals surface area (Å²) >= 11 is 0. The predicted octanol–water partition coefficient (Wildman–Crippen LogP) is 2.58.